The van der Waals surface area contributed by atoms with E-state index in [9.17, 15) is 4.79 Å². The van der Waals surface area contributed by atoms with Crippen LogP contribution in [-0.2, 0) is 16.0 Å². The highest BCUT2D eigenvalue weighted by atomic mass is 16.6. The van der Waals surface area contributed by atoms with Crippen LogP contribution in [-0.4, -0.2) is 39.4 Å². The maximum Gasteiger partial charge on any atom is 0.312 e. The molecule has 1 aromatic rings. The Hall–Kier alpha value is -1.75. The molecule has 0 fully saturated rings. The second-order valence-electron chi connectivity index (χ2n) is 5.78. The Kier molecular flexibility index (Phi) is 5.07. The van der Waals surface area contributed by atoms with Crippen molar-refractivity contribution < 1.29 is 19.0 Å². The molecule has 1 heterocycles. The van der Waals surface area contributed by atoms with Gasteiger partial charge in [-0.2, -0.15) is 0 Å². The van der Waals surface area contributed by atoms with Crippen molar-refractivity contribution in [3.05, 3.63) is 23.8 Å². The molecule has 0 saturated carbocycles. The number of fused-ring (bicyclic) bond motifs is 1. The Morgan fingerprint density at radius 3 is 2.71 bits per heavy atom. The Bertz CT molecular complexity index is 499. The molecule has 0 amide bonds. The summed E-state index contributed by atoms with van der Waals surface area (Å²) in [5, 5.41) is 3.30. The van der Waals surface area contributed by atoms with Gasteiger partial charge < -0.3 is 19.5 Å². The third-order valence-electron chi connectivity index (χ3n) is 3.50. The van der Waals surface area contributed by atoms with E-state index in [-0.39, 0.29) is 5.97 Å². The lowest BCUT2D eigenvalue weighted by Crippen LogP contribution is -2.37. The molecule has 1 aromatic carbocycles. The Morgan fingerprint density at radius 1 is 1.29 bits per heavy atom. The summed E-state index contributed by atoms with van der Waals surface area (Å²) in [6.45, 7) is 6.33. The summed E-state index contributed by atoms with van der Waals surface area (Å²) in [7, 11) is 1.42. The third-order valence-corrected chi connectivity index (χ3v) is 3.50. The fourth-order valence-electron chi connectivity index (χ4n) is 2.23. The zero-order valence-corrected chi connectivity index (χ0v) is 12.9. The highest BCUT2D eigenvalue weighted by molar-refractivity contribution is 5.76. The quantitative estimate of drug-likeness (QED) is 0.640. The van der Waals surface area contributed by atoms with Crippen molar-refractivity contribution >= 4 is 5.97 Å². The molecule has 5 nitrogen and oxygen atoms in total. The molecule has 1 aliphatic heterocycles. The summed E-state index contributed by atoms with van der Waals surface area (Å²) in [6.07, 6.45) is 0.869. The van der Waals surface area contributed by atoms with Crippen LogP contribution in [0.5, 0.6) is 11.5 Å². The second-order valence-corrected chi connectivity index (χ2v) is 5.78. The molecule has 0 spiro atoms. The fourth-order valence-corrected chi connectivity index (χ4v) is 2.23. The van der Waals surface area contributed by atoms with Gasteiger partial charge in [0, 0.05) is 6.54 Å². The zero-order valence-electron chi connectivity index (χ0n) is 12.9. The Morgan fingerprint density at radius 2 is 2.00 bits per heavy atom. The molecular formula is C16H23NO4. The summed E-state index contributed by atoms with van der Waals surface area (Å²) in [5.74, 6) is 1.42. The predicted octanol–water partition coefficient (Wildman–Crippen LogP) is 1.79. The van der Waals surface area contributed by atoms with Crippen LogP contribution in [0.4, 0.5) is 0 Å². The second kappa shape index (κ2) is 6.80. The van der Waals surface area contributed by atoms with Crippen LogP contribution in [0.3, 0.4) is 0 Å². The number of benzene rings is 1. The van der Waals surface area contributed by atoms with E-state index in [1.807, 2.05) is 32.0 Å². The van der Waals surface area contributed by atoms with E-state index >= 15 is 0 Å². The average molecular weight is 293 g/mol. The van der Waals surface area contributed by atoms with E-state index in [1.54, 1.807) is 0 Å². The minimum absolute atomic E-state index is 0.200. The molecule has 21 heavy (non-hydrogen) atoms. The normalized spacial score (nSPS) is 13.9. The summed E-state index contributed by atoms with van der Waals surface area (Å²) in [4.78, 5) is 11.6. The maximum absolute atomic E-state index is 11.6. The molecule has 0 aromatic heterocycles. The van der Waals surface area contributed by atoms with Gasteiger partial charge >= 0.3 is 5.97 Å². The van der Waals surface area contributed by atoms with Gasteiger partial charge in [0.1, 0.15) is 13.2 Å². The molecule has 2 rings (SSSR count). The van der Waals surface area contributed by atoms with Crippen LogP contribution >= 0.6 is 0 Å². The topological polar surface area (TPSA) is 56.8 Å². The van der Waals surface area contributed by atoms with Crippen molar-refractivity contribution in [2.75, 3.05) is 33.4 Å². The van der Waals surface area contributed by atoms with Crippen LogP contribution < -0.4 is 14.8 Å². The van der Waals surface area contributed by atoms with E-state index in [0.717, 1.165) is 24.5 Å². The van der Waals surface area contributed by atoms with Crippen molar-refractivity contribution in [1.29, 1.82) is 0 Å². The number of nitrogens with one attached hydrogen (secondary N) is 1. The lowest BCUT2D eigenvalue weighted by atomic mass is 9.94. The van der Waals surface area contributed by atoms with Gasteiger partial charge in [0.05, 0.1) is 12.5 Å². The summed E-state index contributed by atoms with van der Waals surface area (Å²) >= 11 is 0. The van der Waals surface area contributed by atoms with E-state index < -0.39 is 5.41 Å². The van der Waals surface area contributed by atoms with Crippen LogP contribution in [0, 0.1) is 5.41 Å². The molecule has 5 heteroatoms. The molecule has 1 aliphatic rings. The van der Waals surface area contributed by atoms with Crippen LogP contribution in [0.1, 0.15) is 19.4 Å². The summed E-state index contributed by atoms with van der Waals surface area (Å²) < 4.78 is 15.8. The molecule has 0 aliphatic carbocycles. The van der Waals surface area contributed by atoms with Gasteiger partial charge in [0.15, 0.2) is 11.5 Å². The minimum Gasteiger partial charge on any atom is -0.486 e. The molecule has 0 radical (unpaired) electrons. The first-order valence-electron chi connectivity index (χ1n) is 7.20. The molecule has 0 unspecified atom stereocenters. The SMILES string of the molecule is COC(=O)C(C)(C)CNCCc1ccc2c(c1)OCCO2. The van der Waals surface area contributed by atoms with E-state index in [1.165, 1.54) is 12.7 Å². The van der Waals surface area contributed by atoms with Gasteiger partial charge in [0.2, 0.25) is 0 Å². The largest absolute Gasteiger partial charge is 0.486 e. The van der Waals surface area contributed by atoms with Crippen molar-refractivity contribution in [2.24, 2.45) is 5.41 Å². The Labute approximate surface area is 125 Å². The van der Waals surface area contributed by atoms with Gasteiger partial charge in [0.25, 0.3) is 0 Å². The maximum atomic E-state index is 11.6. The van der Waals surface area contributed by atoms with E-state index in [0.29, 0.717) is 19.8 Å². The van der Waals surface area contributed by atoms with E-state index in [4.69, 9.17) is 14.2 Å². The van der Waals surface area contributed by atoms with Gasteiger partial charge in [-0.15, -0.1) is 0 Å². The van der Waals surface area contributed by atoms with Gasteiger partial charge in [-0.25, -0.2) is 0 Å². The van der Waals surface area contributed by atoms with Crippen LogP contribution in [0.2, 0.25) is 0 Å². The lowest BCUT2D eigenvalue weighted by Gasteiger charge is -2.22. The van der Waals surface area contributed by atoms with Gasteiger partial charge in [-0.3, -0.25) is 4.79 Å². The monoisotopic (exact) mass is 293 g/mol. The van der Waals surface area contributed by atoms with Gasteiger partial charge in [-0.1, -0.05) is 6.07 Å². The van der Waals surface area contributed by atoms with Crippen molar-refractivity contribution in [3.63, 3.8) is 0 Å². The van der Waals surface area contributed by atoms with E-state index in [2.05, 4.69) is 5.32 Å². The van der Waals surface area contributed by atoms with Crippen molar-refractivity contribution in [2.45, 2.75) is 20.3 Å². The summed E-state index contributed by atoms with van der Waals surface area (Å²) in [5.41, 5.74) is 0.671. The predicted molar refractivity (Wildman–Crippen MR) is 79.8 cm³/mol. The number of carbonyl (C=O) groups excluding carboxylic acids is 1. The first-order chi connectivity index (χ1) is 10.0. The number of ether oxygens (including phenoxy) is 3. The highest BCUT2D eigenvalue weighted by Gasteiger charge is 2.27. The first-order valence-corrected chi connectivity index (χ1v) is 7.20. The molecule has 0 saturated heterocycles. The number of hydrogen-bond acceptors (Lipinski definition) is 5. The number of esters is 1. The standard InChI is InChI=1S/C16H23NO4/c1-16(2,15(18)19-3)11-17-7-6-12-4-5-13-14(10-12)21-9-8-20-13/h4-5,10,17H,6-9,11H2,1-3H3. The molecule has 0 bridgehead atoms. The van der Waals surface area contributed by atoms with Crippen LogP contribution in [0.25, 0.3) is 0 Å². The smallest absolute Gasteiger partial charge is 0.312 e. The molecule has 1 N–H and O–H groups in total. The number of hydrogen-bond donors (Lipinski definition) is 1. The van der Waals surface area contributed by atoms with Crippen LogP contribution in [0.15, 0.2) is 18.2 Å². The molecule has 0 atom stereocenters. The number of methoxy groups -OCH3 is 1. The van der Waals surface area contributed by atoms with Crippen molar-refractivity contribution in [3.8, 4) is 11.5 Å². The zero-order chi connectivity index (χ0) is 15.3. The Balaban J connectivity index is 1.80. The third kappa shape index (κ3) is 4.11. The molecule has 116 valence electrons. The first kappa shape index (κ1) is 15.6. The highest BCUT2D eigenvalue weighted by Crippen LogP contribution is 2.30. The average Bonchev–Trinajstić information content (AvgIpc) is 2.50. The summed E-state index contributed by atoms with van der Waals surface area (Å²) in [6, 6.07) is 6.00. The molecular weight excluding hydrogens is 270 g/mol. The number of rotatable bonds is 6. The van der Waals surface area contributed by atoms with Crippen molar-refractivity contribution in [1.82, 2.24) is 5.32 Å². The minimum atomic E-state index is -0.512. The fraction of sp³-hybridized carbons (Fsp3) is 0.562. The van der Waals surface area contributed by atoms with Gasteiger partial charge in [-0.05, 0) is 44.5 Å². The number of carbonyl (C=O) groups is 1. The lowest BCUT2D eigenvalue weighted by molar-refractivity contribution is -0.150.